The van der Waals surface area contributed by atoms with Crippen LogP contribution in [0.3, 0.4) is 0 Å². The molecule has 2 amide bonds. The summed E-state index contributed by atoms with van der Waals surface area (Å²) in [5.41, 5.74) is 2.02. The van der Waals surface area contributed by atoms with E-state index in [9.17, 15) is 18.0 Å². The molecule has 3 rings (SSSR count). The number of amides is 2. The molecule has 0 bridgehead atoms. The Kier molecular flexibility index (Phi) is 7.50. The van der Waals surface area contributed by atoms with Crippen molar-refractivity contribution in [1.29, 1.82) is 0 Å². The quantitative estimate of drug-likeness (QED) is 0.511. The summed E-state index contributed by atoms with van der Waals surface area (Å²) < 4.78 is 28.0. The Morgan fingerprint density at radius 1 is 0.848 bits per heavy atom. The summed E-state index contributed by atoms with van der Waals surface area (Å²) in [6, 6.07) is 19.6. The van der Waals surface area contributed by atoms with Gasteiger partial charge < -0.3 is 10.2 Å². The number of aryl methyl sites for hydroxylation is 1. The van der Waals surface area contributed by atoms with E-state index < -0.39 is 15.9 Å². The van der Waals surface area contributed by atoms with Gasteiger partial charge in [0.05, 0.1) is 21.8 Å². The molecule has 0 saturated carbocycles. The molecule has 0 aliphatic heterocycles. The zero-order valence-corrected chi connectivity index (χ0v) is 19.6. The first-order valence-corrected chi connectivity index (χ1v) is 12.1. The zero-order chi connectivity index (χ0) is 24.0. The number of rotatable bonds is 8. The van der Waals surface area contributed by atoms with Crippen molar-refractivity contribution >= 4 is 33.2 Å². The predicted molar refractivity (Wildman–Crippen MR) is 130 cm³/mol. The van der Waals surface area contributed by atoms with E-state index in [1.807, 2.05) is 13.8 Å². The first kappa shape index (κ1) is 24.0. The summed E-state index contributed by atoms with van der Waals surface area (Å²) in [5.74, 6) is -0.619. The number of benzene rings is 3. The van der Waals surface area contributed by atoms with Gasteiger partial charge in [-0.05, 0) is 62.7 Å². The molecule has 0 spiro atoms. The molecule has 0 aromatic heterocycles. The fourth-order valence-corrected chi connectivity index (χ4v) is 4.47. The second-order valence-corrected chi connectivity index (χ2v) is 9.11. The summed E-state index contributed by atoms with van der Waals surface area (Å²) in [4.78, 5) is 27.6. The number of carbonyl (C=O) groups excluding carboxylic acids is 2. The van der Waals surface area contributed by atoms with E-state index >= 15 is 0 Å². The van der Waals surface area contributed by atoms with Crippen molar-refractivity contribution in [3.05, 3.63) is 89.5 Å². The van der Waals surface area contributed by atoms with Gasteiger partial charge in [0.1, 0.15) is 0 Å². The van der Waals surface area contributed by atoms with Crippen LogP contribution in [0.5, 0.6) is 0 Å². The maximum absolute atomic E-state index is 13.0. The Labute approximate surface area is 194 Å². The Balaban J connectivity index is 1.86. The van der Waals surface area contributed by atoms with Crippen molar-refractivity contribution in [3.8, 4) is 0 Å². The second-order valence-electron chi connectivity index (χ2n) is 7.43. The van der Waals surface area contributed by atoms with Crippen molar-refractivity contribution < 1.29 is 18.0 Å². The van der Waals surface area contributed by atoms with Crippen molar-refractivity contribution in [2.45, 2.75) is 25.7 Å². The van der Waals surface area contributed by atoms with Crippen LogP contribution in [0.2, 0.25) is 0 Å². The topological polar surface area (TPSA) is 95.6 Å². The van der Waals surface area contributed by atoms with Crippen molar-refractivity contribution in [2.75, 3.05) is 23.1 Å². The summed E-state index contributed by atoms with van der Waals surface area (Å²) in [6.07, 6.45) is 0. The van der Waals surface area contributed by atoms with Gasteiger partial charge in [-0.3, -0.25) is 14.3 Å². The summed E-state index contributed by atoms with van der Waals surface area (Å²) in [6.45, 7) is 6.66. The molecule has 0 aliphatic rings. The van der Waals surface area contributed by atoms with E-state index in [1.54, 1.807) is 66.4 Å². The van der Waals surface area contributed by atoms with Gasteiger partial charge in [-0.15, -0.1) is 0 Å². The van der Waals surface area contributed by atoms with E-state index in [1.165, 1.54) is 18.2 Å². The van der Waals surface area contributed by atoms with Crippen molar-refractivity contribution in [1.82, 2.24) is 4.90 Å². The van der Waals surface area contributed by atoms with Crippen LogP contribution >= 0.6 is 0 Å². The molecule has 0 atom stereocenters. The van der Waals surface area contributed by atoms with Crippen LogP contribution in [0, 0.1) is 6.92 Å². The van der Waals surface area contributed by atoms with Gasteiger partial charge in [0, 0.05) is 18.7 Å². The first-order chi connectivity index (χ1) is 15.8. The SMILES string of the molecule is CCN(CC)C(=O)c1ccccc1NC(=O)c1ccc(C)c(NS(=O)(=O)c2ccccc2)c1. The van der Waals surface area contributed by atoms with Crippen LogP contribution in [-0.4, -0.2) is 38.2 Å². The average molecular weight is 466 g/mol. The lowest BCUT2D eigenvalue weighted by atomic mass is 10.1. The molecule has 2 N–H and O–H groups in total. The fraction of sp³-hybridized carbons (Fsp3) is 0.200. The van der Waals surface area contributed by atoms with Crippen LogP contribution in [0.1, 0.15) is 40.1 Å². The molecule has 0 aliphatic carbocycles. The third kappa shape index (κ3) is 5.59. The Hall–Kier alpha value is -3.65. The first-order valence-electron chi connectivity index (χ1n) is 10.6. The van der Waals surface area contributed by atoms with Crippen LogP contribution < -0.4 is 10.0 Å². The smallest absolute Gasteiger partial charge is 0.261 e. The van der Waals surface area contributed by atoms with Gasteiger partial charge in [0.25, 0.3) is 21.8 Å². The highest BCUT2D eigenvalue weighted by Crippen LogP contribution is 2.23. The molecular weight excluding hydrogens is 438 g/mol. The highest BCUT2D eigenvalue weighted by Gasteiger charge is 2.19. The van der Waals surface area contributed by atoms with Gasteiger partial charge in [-0.2, -0.15) is 0 Å². The summed E-state index contributed by atoms with van der Waals surface area (Å²) >= 11 is 0. The van der Waals surface area contributed by atoms with Gasteiger partial charge in [0.15, 0.2) is 0 Å². The molecule has 8 heteroatoms. The maximum atomic E-state index is 13.0. The Morgan fingerprint density at radius 3 is 2.15 bits per heavy atom. The number of hydrogen-bond donors (Lipinski definition) is 2. The lowest BCUT2D eigenvalue weighted by Crippen LogP contribution is -2.31. The van der Waals surface area contributed by atoms with Gasteiger partial charge in [-0.1, -0.05) is 36.4 Å². The Bertz CT molecular complexity index is 1250. The highest BCUT2D eigenvalue weighted by molar-refractivity contribution is 7.92. The number of sulfonamides is 1. The number of anilines is 2. The standard InChI is InChI=1S/C25H27N3O4S/c1-4-28(5-2)25(30)21-13-9-10-14-22(21)26-24(29)19-16-15-18(3)23(17-19)27-33(31,32)20-11-7-6-8-12-20/h6-17,27H,4-5H2,1-3H3,(H,26,29). The molecule has 7 nitrogen and oxygen atoms in total. The van der Waals surface area contributed by atoms with E-state index in [2.05, 4.69) is 10.0 Å². The molecule has 3 aromatic rings. The molecule has 0 radical (unpaired) electrons. The lowest BCUT2D eigenvalue weighted by molar-refractivity contribution is 0.0774. The molecule has 172 valence electrons. The van der Waals surface area contributed by atoms with Crippen molar-refractivity contribution in [3.63, 3.8) is 0 Å². The number of carbonyl (C=O) groups is 2. The van der Waals surface area contributed by atoms with Crippen LogP contribution in [0.15, 0.2) is 77.7 Å². The molecule has 0 saturated heterocycles. The minimum absolute atomic E-state index is 0.128. The number of nitrogens with zero attached hydrogens (tertiary/aromatic N) is 1. The lowest BCUT2D eigenvalue weighted by Gasteiger charge is -2.20. The molecule has 33 heavy (non-hydrogen) atoms. The number of hydrogen-bond acceptors (Lipinski definition) is 4. The van der Waals surface area contributed by atoms with Gasteiger partial charge >= 0.3 is 0 Å². The molecule has 0 fully saturated rings. The Morgan fingerprint density at radius 2 is 1.48 bits per heavy atom. The third-order valence-electron chi connectivity index (χ3n) is 5.25. The number of para-hydroxylation sites is 1. The van der Waals surface area contributed by atoms with Crippen LogP contribution in [0.4, 0.5) is 11.4 Å². The summed E-state index contributed by atoms with van der Waals surface area (Å²) in [7, 11) is -3.80. The monoisotopic (exact) mass is 465 g/mol. The number of nitrogens with one attached hydrogen (secondary N) is 2. The third-order valence-corrected chi connectivity index (χ3v) is 6.64. The van der Waals surface area contributed by atoms with E-state index in [-0.39, 0.29) is 16.4 Å². The highest BCUT2D eigenvalue weighted by atomic mass is 32.2. The summed E-state index contributed by atoms with van der Waals surface area (Å²) in [5, 5.41) is 2.79. The van der Waals surface area contributed by atoms with Gasteiger partial charge in [0.2, 0.25) is 0 Å². The second kappa shape index (κ2) is 10.3. The predicted octanol–water partition coefficient (Wildman–Crippen LogP) is 4.53. The van der Waals surface area contributed by atoms with Gasteiger partial charge in [-0.25, -0.2) is 8.42 Å². The average Bonchev–Trinajstić information content (AvgIpc) is 2.82. The molecule has 0 unspecified atom stereocenters. The largest absolute Gasteiger partial charge is 0.339 e. The maximum Gasteiger partial charge on any atom is 0.261 e. The molecule has 3 aromatic carbocycles. The van der Waals surface area contributed by atoms with Crippen molar-refractivity contribution in [2.24, 2.45) is 0 Å². The molecule has 0 heterocycles. The van der Waals surface area contributed by atoms with E-state index in [0.29, 0.717) is 35.6 Å². The van der Waals surface area contributed by atoms with Crippen LogP contribution in [0.25, 0.3) is 0 Å². The fourth-order valence-electron chi connectivity index (χ4n) is 3.33. The minimum atomic E-state index is -3.80. The van der Waals surface area contributed by atoms with Crippen LogP contribution in [-0.2, 0) is 10.0 Å². The molecular formula is C25H27N3O4S. The minimum Gasteiger partial charge on any atom is -0.339 e. The van der Waals surface area contributed by atoms with E-state index in [0.717, 1.165) is 0 Å². The zero-order valence-electron chi connectivity index (χ0n) is 18.8. The normalized spacial score (nSPS) is 11.0. The van der Waals surface area contributed by atoms with E-state index in [4.69, 9.17) is 0 Å².